The van der Waals surface area contributed by atoms with E-state index >= 15 is 4.39 Å². The van der Waals surface area contributed by atoms with Crippen LogP contribution in [-0.4, -0.2) is 89.5 Å². The standard InChI is InChI=1S/C27H30ClFN8OS/c28-19-12-18-24(22(29)21(19)17-2-1-3-20-23(17)32-26(30)39-20)33-27(34-25(18)36-10-6-31-7-11-36)37-13-15(14-37)35-8-4-16(38)5-9-35/h1-3,12,15-16,31,38H,4-11,13-14H2,(H2,30,32). The molecular weight excluding hydrogens is 539 g/mol. The SMILES string of the molecule is Nc1nc2c(-c3c(Cl)cc4c(N5CCNCC5)nc(N5CC(N6CCC(O)CC6)C5)nc4c3F)cccc2s1. The topological polar surface area (TPSA) is 107 Å². The molecule has 0 radical (unpaired) electrons. The molecule has 3 aliphatic heterocycles. The third-order valence-electron chi connectivity index (χ3n) is 8.13. The molecule has 0 bridgehead atoms. The number of thiazole rings is 1. The first-order valence-electron chi connectivity index (χ1n) is 13.4. The first kappa shape index (κ1) is 25.2. The third-order valence-corrected chi connectivity index (χ3v) is 9.28. The molecule has 2 aromatic heterocycles. The van der Waals surface area contributed by atoms with Gasteiger partial charge in [-0.3, -0.25) is 4.90 Å². The Morgan fingerprint density at radius 1 is 1.03 bits per heavy atom. The zero-order chi connectivity index (χ0) is 26.7. The van der Waals surface area contributed by atoms with E-state index in [1.807, 2.05) is 18.2 Å². The quantitative estimate of drug-likeness (QED) is 0.342. The Morgan fingerprint density at radius 2 is 1.79 bits per heavy atom. The Balaban J connectivity index is 1.32. The Labute approximate surface area is 234 Å². The minimum atomic E-state index is -0.473. The molecule has 0 saturated carbocycles. The van der Waals surface area contributed by atoms with Crippen LogP contribution in [0.5, 0.6) is 0 Å². The molecule has 204 valence electrons. The molecule has 0 atom stereocenters. The Hall–Kier alpha value is -2.83. The van der Waals surface area contributed by atoms with Crippen molar-refractivity contribution in [1.82, 2.24) is 25.2 Å². The van der Waals surface area contributed by atoms with Crippen molar-refractivity contribution < 1.29 is 9.50 Å². The van der Waals surface area contributed by atoms with Gasteiger partial charge in [-0.25, -0.2) is 14.4 Å². The number of piperazine rings is 1. The fourth-order valence-corrected chi connectivity index (χ4v) is 7.00. The highest BCUT2D eigenvalue weighted by Crippen LogP contribution is 2.42. The van der Waals surface area contributed by atoms with Gasteiger partial charge in [-0.1, -0.05) is 35.1 Å². The number of nitrogen functional groups attached to an aromatic ring is 1. The second-order valence-corrected chi connectivity index (χ2v) is 12.0. The highest BCUT2D eigenvalue weighted by Gasteiger charge is 2.36. The van der Waals surface area contributed by atoms with Crippen molar-refractivity contribution in [3.63, 3.8) is 0 Å². The first-order chi connectivity index (χ1) is 19.0. The molecule has 2 aromatic carbocycles. The number of hydrogen-bond acceptors (Lipinski definition) is 10. The van der Waals surface area contributed by atoms with Crippen molar-refractivity contribution in [3.8, 4) is 11.1 Å². The van der Waals surface area contributed by atoms with Crippen LogP contribution in [0.1, 0.15) is 12.8 Å². The molecule has 5 heterocycles. The number of benzene rings is 2. The number of hydrogen-bond donors (Lipinski definition) is 3. The minimum Gasteiger partial charge on any atom is -0.393 e. The van der Waals surface area contributed by atoms with E-state index in [1.54, 1.807) is 6.07 Å². The number of likely N-dealkylation sites (tertiary alicyclic amines) is 1. The van der Waals surface area contributed by atoms with Crippen molar-refractivity contribution >= 4 is 61.0 Å². The van der Waals surface area contributed by atoms with Crippen LogP contribution in [0, 0.1) is 5.82 Å². The lowest BCUT2D eigenvalue weighted by molar-refractivity contribution is 0.0528. The number of aromatic nitrogens is 3. The normalized spacial score (nSPS) is 19.8. The number of nitrogens with zero attached hydrogens (tertiary/aromatic N) is 6. The maximum atomic E-state index is 16.6. The number of anilines is 3. The zero-order valence-corrected chi connectivity index (χ0v) is 23.0. The van der Waals surface area contributed by atoms with Crippen molar-refractivity contribution in [2.24, 2.45) is 0 Å². The highest BCUT2D eigenvalue weighted by atomic mass is 35.5. The number of halogens is 2. The fourth-order valence-electron chi connectivity index (χ4n) is 5.94. The predicted octanol–water partition coefficient (Wildman–Crippen LogP) is 3.34. The number of piperidine rings is 1. The average Bonchev–Trinajstić information content (AvgIpc) is 3.30. The van der Waals surface area contributed by atoms with Crippen LogP contribution in [0.3, 0.4) is 0 Å². The van der Waals surface area contributed by atoms with E-state index < -0.39 is 5.82 Å². The number of nitrogens with one attached hydrogen (secondary N) is 1. The van der Waals surface area contributed by atoms with E-state index in [0.29, 0.717) is 44.4 Å². The van der Waals surface area contributed by atoms with Crippen LogP contribution < -0.4 is 20.9 Å². The lowest BCUT2D eigenvalue weighted by atomic mass is 10.0. The molecule has 7 rings (SSSR count). The lowest BCUT2D eigenvalue weighted by Crippen LogP contribution is -2.61. The molecule has 3 fully saturated rings. The summed E-state index contributed by atoms with van der Waals surface area (Å²) in [6.07, 6.45) is 1.42. The number of rotatable bonds is 4. The van der Waals surface area contributed by atoms with Gasteiger partial charge in [0.1, 0.15) is 11.3 Å². The molecule has 3 aliphatic rings. The lowest BCUT2D eigenvalue weighted by Gasteiger charge is -2.47. The molecule has 0 unspecified atom stereocenters. The van der Waals surface area contributed by atoms with Gasteiger partial charge in [0.25, 0.3) is 0 Å². The van der Waals surface area contributed by atoms with Crippen LogP contribution in [0.2, 0.25) is 5.02 Å². The van der Waals surface area contributed by atoms with E-state index in [1.165, 1.54) is 11.3 Å². The number of fused-ring (bicyclic) bond motifs is 2. The summed E-state index contributed by atoms with van der Waals surface area (Å²) in [7, 11) is 0. The Bertz CT molecular complexity index is 1550. The maximum Gasteiger partial charge on any atom is 0.228 e. The van der Waals surface area contributed by atoms with E-state index in [0.717, 1.165) is 69.9 Å². The van der Waals surface area contributed by atoms with Crippen LogP contribution in [0.15, 0.2) is 24.3 Å². The number of aliphatic hydroxyl groups is 1. The fraction of sp³-hybridized carbons (Fsp3) is 0.444. The van der Waals surface area contributed by atoms with Gasteiger partial charge < -0.3 is 26.0 Å². The summed E-state index contributed by atoms with van der Waals surface area (Å²) in [4.78, 5) is 21.0. The van der Waals surface area contributed by atoms with Gasteiger partial charge >= 0.3 is 0 Å². The summed E-state index contributed by atoms with van der Waals surface area (Å²) < 4.78 is 17.4. The van der Waals surface area contributed by atoms with Crippen molar-refractivity contribution in [3.05, 3.63) is 35.1 Å². The smallest absolute Gasteiger partial charge is 0.228 e. The van der Waals surface area contributed by atoms with Crippen LogP contribution in [0.25, 0.3) is 32.2 Å². The third kappa shape index (κ3) is 4.46. The second kappa shape index (κ2) is 9.97. The summed E-state index contributed by atoms with van der Waals surface area (Å²) >= 11 is 8.17. The van der Waals surface area contributed by atoms with Gasteiger partial charge in [-0.05, 0) is 25.0 Å². The van der Waals surface area contributed by atoms with Gasteiger partial charge in [0, 0.05) is 74.9 Å². The van der Waals surface area contributed by atoms with E-state index in [-0.39, 0.29) is 17.2 Å². The van der Waals surface area contributed by atoms with Crippen LogP contribution in [-0.2, 0) is 0 Å². The highest BCUT2D eigenvalue weighted by molar-refractivity contribution is 7.22. The van der Waals surface area contributed by atoms with E-state index in [2.05, 4.69) is 25.0 Å². The Morgan fingerprint density at radius 3 is 2.56 bits per heavy atom. The molecule has 3 saturated heterocycles. The molecule has 0 aliphatic carbocycles. The van der Waals surface area contributed by atoms with Crippen LogP contribution >= 0.6 is 22.9 Å². The zero-order valence-electron chi connectivity index (χ0n) is 21.4. The largest absolute Gasteiger partial charge is 0.393 e. The maximum absolute atomic E-state index is 16.6. The molecular formula is C27H30ClFN8OS. The molecule has 9 nitrogen and oxygen atoms in total. The summed E-state index contributed by atoms with van der Waals surface area (Å²) in [6, 6.07) is 7.80. The van der Waals surface area contributed by atoms with Crippen molar-refractivity contribution in [2.75, 3.05) is 67.9 Å². The summed E-state index contributed by atoms with van der Waals surface area (Å²) in [5, 5.41) is 14.6. The van der Waals surface area contributed by atoms with Gasteiger partial charge in [0.2, 0.25) is 5.95 Å². The number of aliphatic hydroxyl groups excluding tert-OH is 1. The van der Waals surface area contributed by atoms with Crippen molar-refractivity contribution in [2.45, 2.75) is 25.0 Å². The first-order valence-corrected chi connectivity index (χ1v) is 14.6. The number of nitrogens with two attached hydrogens (primary N) is 1. The van der Waals surface area contributed by atoms with Crippen molar-refractivity contribution in [1.29, 1.82) is 0 Å². The van der Waals surface area contributed by atoms with E-state index in [4.69, 9.17) is 27.3 Å². The summed E-state index contributed by atoms with van der Waals surface area (Å²) in [5.74, 6) is 0.774. The van der Waals surface area contributed by atoms with E-state index in [9.17, 15) is 5.11 Å². The monoisotopic (exact) mass is 568 g/mol. The Kier molecular flexibility index (Phi) is 6.43. The molecule has 0 spiro atoms. The van der Waals surface area contributed by atoms with Gasteiger partial charge in [-0.2, -0.15) is 4.98 Å². The van der Waals surface area contributed by atoms with Gasteiger partial charge in [0.05, 0.1) is 21.3 Å². The van der Waals surface area contributed by atoms with Gasteiger partial charge in [-0.15, -0.1) is 0 Å². The molecule has 4 N–H and O–H groups in total. The predicted molar refractivity (Wildman–Crippen MR) is 155 cm³/mol. The summed E-state index contributed by atoms with van der Waals surface area (Å²) in [5.41, 5.74) is 7.76. The minimum absolute atomic E-state index is 0.196. The van der Waals surface area contributed by atoms with Gasteiger partial charge in [0.15, 0.2) is 10.9 Å². The number of para-hydroxylation sites is 1. The summed E-state index contributed by atoms with van der Waals surface area (Å²) in [6.45, 7) is 6.54. The molecule has 0 amide bonds. The molecule has 39 heavy (non-hydrogen) atoms. The van der Waals surface area contributed by atoms with Crippen LogP contribution in [0.4, 0.5) is 21.3 Å². The molecule has 4 aromatic rings. The average molecular weight is 569 g/mol. The second-order valence-electron chi connectivity index (χ2n) is 10.6. The molecule has 12 heteroatoms.